The molecule has 5 nitrogen and oxygen atoms in total. The first-order valence-corrected chi connectivity index (χ1v) is 9.54. The number of anilines is 1. The van der Waals surface area contributed by atoms with E-state index in [-0.39, 0.29) is 17.0 Å². The van der Waals surface area contributed by atoms with Crippen LogP contribution in [-0.2, 0) is 0 Å². The van der Waals surface area contributed by atoms with Gasteiger partial charge in [0.1, 0.15) is 5.82 Å². The minimum absolute atomic E-state index is 0.00926. The van der Waals surface area contributed by atoms with Crippen LogP contribution in [0.25, 0.3) is 0 Å². The van der Waals surface area contributed by atoms with Gasteiger partial charge in [-0.25, -0.2) is 4.39 Å². The van der Waals surface area contributed by atoms with Crippen LogP contribution in [0.2, 0.25) is 0 Å². The quantitative estimate of drug-likeness (QED) is 0.375. The Hall–Kier alpha value is -2.76. The van der Waals surface area contributed by atoms with E-state index in [9.17, 15) is 14.5 Å². The largest absolute Gasteiger partial charge is 0.366 e. The number of halogens is 1. The number of nitro benzene ring substituents is 1. The summed E-state index contributed by atoms with van der Waals surface area (Å²) >= 11 is 0. The van der Waals surface area contributed by atoms with Gasteiger partial charge in [-0.2, -0.15) is 0 Å². The summed E-state index contributed by atoms with van der Waals surface area (Å²) in [6.45, 7) is 11.1. The van der Waals surface area contributed by atoms with Crippen LogP contribution in [0, 0.1) is 22.9 Å². The van der Waals surface area contributed by atoms with Crippen molar-refractivity contribution in [2.75, 3.05) is 11.4 Å². The van der Waals surface area contributed by atoms with Crippen molar-refractivity contribution in [3.05, 3.63) is 63.0 Å². The van der Waals surface area contributed by atoms with Crippen LogP contribution in [0.5, 0.6) is 0 Å². The second kappa shape index (κ2) is 7.34. The van der Waals surface area contributed by atoms with Gasteiger partial charge in [-0.1, -0.05) is 13.0 Å². The first-order chi connectivity index (χ1) is 13.1. The summed E-state index contributed by atoms with van der Waals surface area (Å²) in [7, 11) is 0. The van der Waals surface area contributed by atoms with Gasteiger partial charge < -0.3 is 4.90 Å². The van der Waals surface area contributed by atoms with E-state index in [1.54, 1.807) is 25.1 Å². The molecule has 0 fully saturated rings. The van der Waals surface area contributed by atoms with Crippen LogP contribution >= 0.6 is 0 Å². The molecule has 1 heterocycles. The number of hydrogen-bond donors (Lipinski definition) is 0. The van der Waals surface area contributed by atoms with E-state index in [1.807, 2.05) is 6.07 Å². The third kappa shape index (κ3) is 3.63. The summed E-state index contributed by atoms with van der Waals surface area (Å²) in [5, 5.41) is 11.1. The van der Waals surface area contributed by atoms with Gasteiger partial charge in [-0.15, -0.1) is 0 Å². The summed E-state index contributed by atoms with van der Waals surface area (Å²) in [6.07, 6.45) is 2.44. The average molecular weight is 383 g/mol. The standard InChI is InChI=1S/C22H26FN3O2/c1-6-25-21-11-19(23)16(9-18(21)15(3)12-22(25,4)5)13-24-17-8-7-14(2)20(10-17)26(27)28/h7-11,13,15H,6,12H2,1-5H3. The average Bonchev–Trinajstić information content (AvgIpc) is 2.60. The minimum Gasteiger partial charge on any atom is -0.366 e. The molecule has 1 unspecified atom stereocenters. The molecule has 0 N–H and O–H groups in total. The summed E-state index contributed by atoms with van der Waals surface area (Å²) in [4.78, 5) is 17.2. The van der Waals surface area contributed by atoms with Crippen LogP contribution in [0.4, 0.5) is 21.5 Å². The molecule has 2 aromatic carbocycles. The fraction of sp³-hybridized carbons (Fsp3) is 0.409. The van der Waals surface area contributed by atoms with Gasteiger partial charge in [0.25, 0.3) is 5.69 Å². The third-order valence-corrected chi connectivity index (χ3v) is 5.56. The van der Waals surface area contributed by atoms with Crippen molar-refractivity contribution in [2.45, 2.75) is 52.5 Å². The SMILES string of the molecule is CCN1c2cc(F)c(C=Nc3ccc(C)c([N+](=O)[O-])c3)cc2C(C)CC1(C)C. The molecule has 0 amide bonds. The molecule has 0 spiro atoms. The predicted molar refractivity (Wildman–Crippen MR) is 112 cm³/mol. The van der Waals surface area contributed by atoms with Crippen molar-refractivity contribution in [3.8, 4) is 0 Å². The Morgan fingerprint density at radius 3 is 2.71 bits per heavy atom. The van der Waals surface area contributed by atoms with E-state index in [0.29, 0.717) is 22.7 Å². The maximum absolute atomic E-state index is 14.8. The molecule has 1 aliphatic heterocycles. The summed E-state index contributed by atoms with van der Waals surface area (Å²) in [6, 6.07) is 8.21. The second-order valence-corrected chi connectivity index (χ2v) is 8.08. The molecule has 0 saturated heterocycles. The summed E-state index contributed by atoms with van der Waals surface area (Å²) in [5.74, 6) is -0.0338. The normalized spacial score (nSPS) is 18.4. The molecule has 0 bridgehead atoms. The van der Waals surface area contributed by atoms with Crippen LogP contribution in [-0.4, -0.2) is 23.2 Å². The first kappa shape index (κ1) is 20.0. The lowest BCUT2D eigenvalue weighted by Crippen LogP contribution is -2.48. The van der Waals surface area contributed by atoms with E-state index < -0.39 is 4.92 Å². The van der Waals surface area contributed by atoms with Crippen molar-refractivity contribution >= 4 is 23.3 Å². The third-order valence-electron chi connectivity index (χ3n) is 5.56. The summed E-state index contributed by atoms with van der Waals surface area (Å²) < 4.78 is 14.8. The predicted octanol–water partition coefficient (Wildman–Crippen LogP) is 5.91. The van der Waals surface area contributed by atoms with E-state index >= 15 is 0 Å². The molecule has 1 atom stereocenters. The fourth-order valence-corrected chi connectivity index (χ4v) is 4.24. The molecule has 3 rings (SSSR count). The van der Waals surface area contributed by atoms with Crippen LogP contribution in [0.15, 0.2) is 35.3 Å². The molecule has 0 radical (unpaired) electrons. The van der Waals surface area contributed by atoms with Gasteiger partial charge in [0, 0.05) is 41.2 Å². The van der Waals surface area contributed by atoms with Crippen LogP contribution in [0.1, 0.15) is 56.7 Å². The van der Waals surface area contributed by atoms with E-state index in [2.05, 4.69) is 37.6 Å². The Morgan fingerprint density at radius 2 is 2.07 bits per heavy atom. The molecule has 6 heteroatoms. The van der Waals surface area contributed by atoms with Crippen molar-refractivity contribution in [1.29, 1.82) is 0 Å². The maximum atomic E-state index is 14.8. The second-order valence-electron chi connectivity index (χ2n) is 8.08. The van der Waals surface area contributed by atoms with Gasteiger partial charge in [-0.3, -0.25) is 15.1 Å². The fourth-order valence-electron chi connectivity index (χ4n) is 4.24. The zero-order valence-corrected chi connectivity index (χ0v) is 17.0. The Bertz CT molecular complexity index is 953. The zero-order valence-electron chi connectivity index (χ0n) is 17.0. The lowest BCUT2D eigenvalue weighted by molar-refractivity contribution is -0.385. The molecular formula is C22H26FN3O2. The van der Waals surface area contributed by atoms with Crippen molar-refractivity contribution in [3.63, 3.8) is 0 Å². The van der Waals surface area contributed by atoms with Gasteiger partial charge in [-0.05, 0) is 63.8 Å². The van der Waals surface area contributed by atoms with E-state index in [1.165, 1.54) is 12.3 Å². The molecule has 0 saturated carbocycles. The number of aliphatic imine (C=N–C) groups is 1. The summed E-state index contributed by atoms with van der Waals surface area (Å²) in [5.41, 5.74) is 3.42. The number of nitrogens with zero attached hydrogens (tertiary/aromatic N) is 3. The van der Waals surface area contributed by atoms with Crippen molar-refractivity contribution < 1.29 is 9.31 Å². The molecule has 28 heavy (non-hydrogen) atoms. The van der Waals surface area contributed by atoms with Gasteiger partial charge in [0.2, 0.25) is 0 Å². The highest BCUT2D eigenvalue weighted by Gasteiger charge is 2.36. The topological polar surface area (TPSA) is 58.7 Å². The molecule has 148 valence electrons. The molecule has 0 aromatic heterocycles. The van der Waals surface area contributed by atoms with E-state index in [0.717, 1.165) is 24.2 Å². The van der Waals surface area contributed by atoms with Gasteiger partial charge in [0.05, 0.1) is 10.6 Å². The van der Waals surface area contributed by atoms with Gasteiger partial charge in [0.15, 0.2) is 0 Å². The van der Waals surface area contributed by atoms with Gasteiger partial charge >= 0.3 is 0 Å². The van der Waals surface area contributed by atoms with Crippen molar-refractivity contribution in [1.82, 2.24) is 0 Å². The number of aryl methyl sites for hydroxylation is 1. The number of benzene rings is 2. The van der Waals surface area contributed by atoms with Crippen LogP contribution in [0.3, 0.4) is 0 Å². The highest BCUT2D eigenvalue weighted by molar-refractivity contribution is 5.84. The smallest absolute Gasteiger partial charge is 0.274 e. The number of hydrogen-bond acceptors (Lipinski definition) is 4. The molecule has 0 aliphatic carbocycles. The van der Waals surface area contributed by atoms with Crippen molar-refractivity contribution in [2.24, 2.45) is 4.99 Å². The lowest BCUT2D eigenvalue weighted by atomic mass is 9.79. The molecule has 1 aliphatic rings. The lowest BCUT2D eigenvalue weighted by Gasteiger charge is -2.47. The minimum atomic E-state index is -0.434. The molecule has 2 aromatic rings. The molecular weight excluding hydrogens is 357 g/mol. The highest BCUT2D eigenvalue weighted by atomic mass is 19.1. The first-order valence-electron chi connectivity index (χ1n) is 9.54. The maximum Gasteiger partial charge on any atom is 0.274 e. The number of nitro groups is 1. The number of fused-ring (bicyclic) bond motifs is 1. The zero-order chi connectivity index (χ0) is 20.6. The van der Waals surface area contributed by atoms with Crippen LogP contribution < -0.4 is 4.90 Å². The monoisotopic (exact) mass is 383 g/mol. The Labute approximate surface area is 165 Å². The Morgan fingerprint density at radius 1 is 1.36 bits per heavy atom. The highest BCUT2D eigenvalue weighted by Crippen LogP contribution is 2.43. The Kier molecular flexibility index (Phi) is 5.24. The number of rotatable bonds is 4. The Balaban J connectivity index is 1.99. The van der Waals surface area contributed by atoms with E-state index in [4.69, 9.17) is 0 Å².